The second kappa shape index (κ2) is 8.99. The predicted molar refractivity (Wildman–Crippen MR) is 85.0 cm³/mol. The molecule has 2 N–H and O–H groups in total. The van der Waals surface area contributed by atoms with Gasteiger partial charge in [-0.25, -0.2) is 4.79 Å². The monoisotopic (exact) mass is 309 g/mol. The molecule has 0 unspecified atom stereocenters. The minimum absolute atomic E-state index is 0.0196. The van der Waals surface area contributed by atoms with Gasteiger partial charge in [-0.3, -0.25) is 10.1 Å². The number of carbonyl (C=O) groups is 1. The van der Waals surface area contributed by atoms with Gasteiger partial charge >= 0.3 is 6.03 Å². The molecule has 7 heteroatoms. The Kier molecular flexibility index (Phi) is 7.31. The zero-order valence-electron chi connectivity index (χ0n) is 13.0. The van der Waals surface area contributed by atoms with E-state index in [1.54, 1.807) is 17.9 Å². The van der Waals surface area contributed by atoms with E-state index in [1.165, 1.54) is 12.1 Å². The van der Waals surface area contributed by atoms with Crippen molar-refractivity contribution in [3.05, 3.63) is 33.9 Å². The molecule has 0 heterocycles. The summed E-state index contributed by atoms with van der Waals surface area (Å²) in [4.78, 5) is 24.3. The van der Waals surface area contributed by atoms with Crippen LogP contribution in [0.4, 0.5) is 16.2 Å². The van der Waals surface area contributed by atoms with E-state index in [-0.39, 0.29) is 18.3 Å². The number of hydrogen-bond donors (Lipinski definition) is 2. The number of hydrogen-bond acceptors (Lipinski definition) is 4. The van der Waals surface area contributed by atoms with Gasteiger partial charge in [0.05, 0.1) is 10.6 Å². The quantitative estimate of drug-likeness (QED) is 0.570. The van der Waals surface area contributed by atoms with Crippen molar-refractivity contribution >= 4 is 17.4 Å². The summed E-state index contributed by atoms with van der Waals surface area (Å²) >= 11 is 0. The lowest BCUT2D eigenvalue weighted by Gasteiger charge is -2.23. The molecule has 0 spiro atoms. The minimum atomic E-state index is -0.490. The van der Waals surface area contributed by atoms with Gasteiger partial charge in [-0.15, -0.1) is 0 Å². The summed E-state index contributed by atoms with van der Waals surface area (Å²) in [5, 5.41) is 22.5. The number of amides is 2. The first-order chi connectivity index (χ1) is 10.5. The number of anilines is 1. The van der Waals surface area contributed by atoms with E-state index in [0.29, 0.717) is 25.2 Å². The molecule has 0 bridgehead atoms. The van der Waals surface area contributed by atoms with E-state index in [1.807, 2.05) is 6.92 Å². The number of nitro groups is 1. The largest absolute Gasteiger partial charge is 0.396 e. The maximum atomic E-state index is 12.3. The minimum Gasteiger partial charge on any atom is -0.396 e. The topological polar surface area (TPSA) is 95.7 Å². The second-order valence-electron chi connectivity index (χ2n) is 5.10. The Morgan fingerprint density at radius 2 is 2.05 bits per heavy atom. The molecule has 2 amide bonds. The zero-order chi connectivity index (χ0) is 16.5. The van der Waals surface area contributed by atoms with E-state index >= 15 is 0 Å². The third-order valence-corrected chi connectivity index (χ3v) is 3.33. The number of non-ortho nitro benzene ring substituents is 1. The summed E-state index contributed by atoms with van der Waals surface area (Å²) < 4.78 is 0. The molecule has 0 saturated carbocycles. The molecule has 0 aromatic heterocycles. The fourth-order valence-corrected chi connectivity index (χ4v) is 1.98. The first-order valence-electron chi connectivity index (χ1n) is 7.41. The molecule has 1 aromatic carbocycles. The number of aliphatic hydroxyl groups excluding tert-OH is 1. The van der Waals surface area contributed by atoms with E-state index in [4.69, 9.17) is 5.11 Å². The molecule has 22 heavy (non-hydrogen) atoms. The second-order valence-corrected chi connectivity index (χ2v) is 5.10. The van der Waals surface area contributed by atoms with Crippen LogP contribution in [0.15, 0.2) is 18.2 Å². The van der Waals surface area contributed by atoms with E-state index in [0.717, 1.165) is 18.4 Å². The number of rotatable bonds is 8. The highest BCUT2D eigenvalue weighted by atomic mass is 16.6. The summed E-state index contributed by atoms with van der Waals surface area (Å²) in [6.07, 6.45) is 2.33. The lowest BCUT2D eigenvalue weighted by molar-refractivity contribution is -0.384. The summed E-state index contributed by atoms with van der Waals surface area (Å²) in [6, 6.07) is 4.08. The third-order valence-electron chi connectivity index (χ3n) is 3.33. The third kappa shape index (κ3) is 5.33. The Bertz CT molecular complexity index is 512. The van der Waals surface area contributed by atoms with Gasteiger partial charge in [-0.05, 0) is 25.3 Å². The Balaban J connectivity index is 2.83. The Morgan fingerprint density at radius 3 is 2.64 bits per heavy atom. The van der Waals surface area contributed by atoms with Gasteiger partial charge in [0, 0.05) is 31.8 Å². The summed E-state index contributed by atoms with van der Waals surface area (Å²) in [5.74, 6) is 0. The first-order valence-corrected chi connectivity index (χ1v) is 7.41. The first kappa shape index (κ1) is 17.9. The number of benzene rings is 1. The molecular formula is C15H23N3O4. The van der Waals surface area contributed by atoms with Gasteiger partial charge in [-0.1, -0.05) is 19.4 Å². The van der Waals surface area contributed by atoms with Gasteiger partial charge < -0.3 is 15.3 Å². The Morgan fingerprint density at radius 1 is 1.36 bits per heavy atom. The summed E-state index contributed by atoms with van der Waals surface area (Å²) in [5.41, 5.74) is 1.14. The number of nitrogens with one attached hydrogen (secondary N) is 1. The summed E-state index contributed by atoms with van der Waals surface area (Å²) in [6.45, 7) is 4.88. The SMILES string of the molecule is CCCCN(CCCO)C(=O)Nc1cc([N+](=O)[O-])ccc1C. The molecule has 0 fully saturated rings. The van der Waals surface area contributed by atoms with Crippen molar-refractivity contribution in [1.82, 2.24) is 4.90 Å². The van der Waals surface area contributed by atoms with E-state index in [9.17, 15) is 14.9 Å². The van der Waals surface area contributed by atoms with Crippen molar-refractivity contribution in [2.24, 2.45) is 0 Å². The van der Waals surface area contributed by atoms with Crippen molar-refractivity contribution < 1.29 is 14.8 Å². The lowest BCUT2D eigenvalue weighted by atomic mass is 10.2. The van der Waals surface area contributed by atoms with Gasteiger partial charge in [0.15, 0.2) is 0 Å². The van der Waals surface area contributed by atoms with E-state index in [2.05, 4.69) is 5.32 Å². The van der Waals surface area contributed by atoms with E-state index < -0.39 is 4.92 Å². The molecular weight excluding hydrogens is 286 g/mol. The average Bonchev–Trinajstić information content (AvgIpc) is 2.49. The highest BCUT2D eigenvalue weighted by Gasteiger charge is 2.15. The zero-order valence-corrected chi connectivity index (χ0v) is 13.0. The van der Waals surface area contributed by atoms with Crippen LogP contribution in [0.3, 0.4) is 0 Å². The number of aliphatic hydroxyl groups is 1. The molecule has 0 saturated heterocycles. The van der Waals surface area contributed by atoms with Crippen LogP contribution >= 0.6 is 0 Å². The van der Waals surface area contributed by atoms with Crippen molar-refractivity contribution in [3.63, 3.8) is 0 Å². The van der Waals surface area contributed by atoms with Gasteiger partial charge in [-0.2, -0.15) is 0 Å². The molecule has 1 rings (SSSR count). The van der Waals surface area contributed by atoms with Crippen LogP contribution in [0.1, 0.15) is 31.7 Å². The van der Waals surface area contributed by atoms with Crippen LogP contribution in [0.2, 0.25) is 0 Å². The highest BCUT2D eigenvalue weighted by molar-refractivity contribution is 5.90. The van der Waals surface area contributed by atoms with Crippen LogP contribution in [0, 0.1) is 17.0 Å². The highest BCUT2D eigenvalue weighted by Crippen LogP contribution is 2.22. The number of aryl methyl sites for hydroxylation is 1. The Labute approximate surface area is 130 Å². The average molecular weight is 309 g/mol. The number of nitro benzene ring substituents is 1. The molecule has 1 aromatic rings. The van der Waals surface area contributed by atoms with Gasteiger partial charge in [0.1, 0.15) is 0 Å². The van der Waals surface area contributed by atoms with Crippen molar-refractivity contribution in [1.29, 1.82) is 0 Å². The van der Waals surface area contributed by atoms with Crippen molar-refractivity contribution in [2.75, 3.05) is 25.0 Å². The lowest BCUT2D eigenvalue weighted by Crippen LogP contribution is -2.37. The maximum absolute atomic E-state index is 12.3. The smallest absolute Gasteiger partial charge is 0.321 e. The van der Waals surface area contributed by atoms with Crippen LogP contribution in [-0.4, -0.2) is 40.7 Å². The molecule has 0 aliphatic carbocycles. The van der Waals surface area contributed by atoms with Gasteiger partial charge in [0.25, 0.3) is 5.69 Å². The fraction of sp³-hybridized carbons (Fsp3) is 0.533. The standard InChI is InChI=1S/C15H23N3O4/c1-3-4-8-17(9-5-10-19)15(20)16-14-11-13(18(21)22)7-6-12(14)2/h6-7,11,19H,3-5,8-10H2,1-2H3,(H,16,20). The molecule has 0 aliphatic heterocycles. The van der Waals surface area contributed by atoms with Crippen LogP contribution < -0.4 is 5.32 Å². The van der Waals surface area contributed by atoms with Crippen molar-refractivity contribution in [3.8, 4) is 0 Å². The molecule has 0 radical (unpaired) electrons. The van der Waals surface area contributed by atoms with Crippen LogP contribution in [0.25, 0.3) is 0 Å². The Hall–Kier alpha value is -2.15. The molecule has 122 valence electrons. The fourth-order valence-electron chi connectivity index (χ4n) is 1.98. The van der Waals surface area contributed by atoms with Crippen molar-refractivity contribution in [2.45, 2.75) is 33.1 Å². The molecule has 0 aliphatic rings. The van der Waals surface area contributed by atoms with Crippen LogP contribution in [-0.2, 0) is 0 Å². The molecule has 0 atom stereocenters. The number of nitrogens with zero attached hydrogens (tertiary/aromatic N) is 2. The predicted octanol–water partition coefficient (Wildman–Crippen LogP) is 2.92. The number of carbonyl (C=O) groups excluding carboxylic acids is 1. The summed E-state index contributed by atoms with van der Waals surface area (Å²) in [7, 11) is 0. The number of urea groups is 1. The number of unbranched alkanes of at least 4 members (excludes halogenated alkanes) is 1. The maximum Gasteiger partial charge on any atom is 0.321 e. The molecule has 7 nitrogen and oxygen atoms in total. The normalized spacial score (nSPS) is 10.3. The van der Waals surface area contributed by atoms with Gasteiger partial charge in [0.2, 0.25) is 0 Å². The van der Waals surface area contributed by atoms with Crippen LogP contribution in [0.5, 0.6) is 0 Å².